The molecule has 2 rings (SSSR count). The molecule has 22 heavy (non-hydrogen) atoms. The van der Waals surface area contributed by atoms with Gasteiger partial charge in [-0.15, -0.1) is 0 Å². The zero-order valence-electron chi connectivity index (χ0n) is 13.6. The zero-order valence-corrected chi connectivity index (χ0v) is 13.6. The summed E-state index contributed by atoms with van der Waals surface area (Å²) < 4.78 is 15.9. The standard InChI is InChI=1S/C16H24N2O4/c1-18-7-5-11(6-8-18)16(19)17-12-9-13(20-2)15(22-4)14(10-12)21-3/h9-11H,5-8H2,1-4H3,(H,17,19). The fourth-order valence-corrected chi connectivity index (χ4v) is 2.67. The Kier molecular flexibility index (Phi) is 5.49. The fourth-order valence-electron chi connectivity index (χ4n) is 2.67. The lowest BCUT2D eigenvalue weighted by molar-refractivity contribution is -0.121. The predicted molar refractivity (Wildman–Crippen MR) is 84.9 cm³/mol. The molecule has 0 bridgehead atoms. The maximum atomic E-state index is 12.4. The average Bonchev–Trinajstić information content (AvgIpc) is 2.54. The number of ether oxygens (including phenoxy) is 3. The second kappa shape index (κ2) is 7.35. The Balaban J connectivity index is 2.13. The van der Waals surface area contributed by atoms with Crippen molar-refractivity contribution in [2.45, 2.75) is 12.8 Å². The van der Waals surface area contributed by atoms with E-state index in [2.05, 4.69) is 17.3 Å². The number of benzene rings is 1. The van der Waals surface area contributed by atoms with Gasteiger partial charge in [-0.1, -0.05) is 0 Å². The molecule has 0 atom stereocenters. The van der Waals surface area contributed by atoms with Crippen LogP contribution in [0, 0.1) is 5.92 Å². The molecule has 0 aliphatic carbocycles. The molecule has 6 nitrogen and oxygen atoms in total. The minimum Gasteiger partial charge on any atom is -0.493 e. The number of anilines is 1. The molecule has 1 N–H and O–H groups in total. The lowest BCUT2D eigenvalue weighted by Gasteiger charge is -2.28. The first-order chi connectivity index (χ1) is 10.6. The van der Waals surface area contributed by atoms with Crippen molar-refractivity contribution < 1.29 is 19.0 Å². The van der Waals surface area contributed by atoms with Gasteiger partial charge in [0.25, 0.3) is 0 Å². The molecule has 0 aromatic heterocycles. The minimum absolute atomic E-state index is 0.0439. The summed E-state index contributed by atoms with van der Waals surface area (Å²) in [5.74, 6) is 1.67. The Hall–Kier alpha value is -1.95. The van der Waals surface area contributed by atoms with E-state index in [1.54, 1.807) is 33.5 Å². The van der Waals surface area contributed by atoms with Crippen molar-refractivity contribution in [1.29, 1.82) is 0 Å². The van der Waals surface area contributed by atoms with Crippen LogP contribution in [0.3, 0.4) is 0 Å². The predicted octanol–water partition coefficient (Wildman–Crippen LogP) is 1.99. The number of rotatable bonds is 5. The molecule has 1 saturated heterocycles. The molecule has 1 aromatic carbocycles. The molecule has 1 aromatic rings. The Morgan fingerprint density at radius 3 is 2.09 bits per heavy atom. The van der Waals surface area contributed by atoms with Crippen molar-refractivity contribution in [3.8, 4) is 17.2 Å². The Morgan fingerprint density at radius 1 is 1.09 bits per heavy atom. The number of piperidine rings is 1. The van der Waals surface area contributed by atoms with Gasteiger partial charge >= 0.3 is 0 Å². The van der Waals surface area contributed by atoms with E-state index in [1.165, 1.54) is 0 Å². The number of hydrogen-bond donors (Lipinski definition) is 1. The van der Waals surface area contributed by atoms with E-state index >= 15 is 0 Å². The highest BCUT2D eigenvalue weighted by Gasteiger charge is 2.24. The van der Waals surface area contributed by atoms with E-state index in [0.29, 0.717) is 22.9 Å². The van der Waals surface area contributed by atoms with Gasteiger partial charge in [-0.2, -0.15) is 0 Å². The van der Waals surface area contributed by atoms with Crippen LogP contribution in [0.5, 0.6) is 17.2 Å². The van der Waals surface area contributed by atoms with Crippen molar-refractivity contribution in [3.05, 3.63) is 12.1 Å². The number of carbonyl (C=O) groups excluding carboxylic acids is 1. The number of carbonyl (C=O) groups is 1. The van der Waals surface area contributed by atoms with Crippen molar-refractivity contribution in [3.63, 3.8) is 0 Å². The van der Waals surface area contributed by atoms with E-state index in [0.717, 1.165) is 25.9 Å². The molecule has 1 aliphatic rings. The van der Waals surface area contributed by atoms with E-state index < -0.39 is 0 Å². The number of amides is 1. The third kappa shape index (κ3) is 3.62. The second-order valence-corrected chi connectivity index (χ2v) is 5.48. The van der Waals surface area contributed by atoms with Crippen LogP contribution in [0.2, 0.25) is 0 Å². The molecule has 122 valence electrons. The number of hydrogen-bond acceptors (Lipinski definition) is 5. The molecule has 6 heteroatoms. The van der Waals surface area contributed by atoms with Gasteiger partial charge in [0.15, 0.2) is 11.5 Å². The van der Waals surface area contributed by atoms with Crippen LogP contribution in [0.25, 0.3) is 0 Å². The first kappa shape index (κ1) is 16.4. The summed E-state index contributed by atoms with van der Waals surface area (Å²) in [6.45, 7) is 1.90. The van der Waals surface area contributed by atoms with Gasteiger partial charge in [0.1, 0.15) is 0 Å². The monoisotopic (exact) mass is 308 g/mol. The van der Waals surface area contributed by atoms with E-state index in [-0.39, 0.29) is 11.8 Å². The third-order valence-electron chi connectivity index (χ3n) is 4.02. The van der Waals surface area contributed by atoms with Gasteiger partial charge in [0.05, 0.1) is 21.3 Å². The summed E-state index contributed by atoms with van der Waals surface area (Å²) in [6, 6.07) is 3.49. The molecular formula is C16H24N2O4. The summed E-state index contributed by atoms with van der Waals surface area (Å²) in [5, 5.41) is 2.95. The molecular weight excluding hydrogens is 284 g/mol. The van der Waals surface area contributed by atoms with E-state index in [1.807, 2.05) is 0 Å². The third-order valence-corrected chi connectivity index (χ3v) is 4.02. The topological polar surface area (TPSA) is 60.0 Å². The maximum Gasteiger partial charge on any atom is 0.227 e. The van der Waals surface area contributed by atoms with Crippen molar-refractivity contribution in [2.24, 2.45) is 5.92 Å². The van der Waals surface area contributed by atoms with E-state index in [4.69, 9.17) is 14.2 Å². The highest BCUT2D eigenvalue weighted by molar-refractivity contribution is 5.93. The molecule has 1 fully saturated rings. The average molecular weight is 308 g/mol. The molecule has 0 saturated carbocycles. The molecule has 0 spiro atoms. The van der Waals surface area contributed by atoms with Gasteiger partial charge in [-0.05, 0) is 33.0 Å². The smallest absolute Gasteiger partial charge is 0.227 e. The Bertz CT molecular complexity index is 500. The van der Waals surface area contributed by atoms with Crippen LogP contribution in [-0.4, -0.2) is 52.3 Å². The van der Waals surface area contributed by atoms with Crippen LogP contribution in [-0.2, 0) is 4.79 Å². The summed E-state index contributed by atoms with van der Waals surface area (Å²) in [4.78, 5) is 14.6. The lowest BCUT2D eigenvalue weighted by Crippen LogP contribution is -2.35. The number of nitrogens with one attached hydrogen (secondary N) is 1. The van der Waals surface area contributed by atoms with Crippen LogP contribution >= 0.6 is 0 Å². The van der Waals surface area contributed by atoms with Gasteiger partial charge < -0.3 is 24.4 Å². The molecule has 1 heterocycles. The lowest BCUT2D eigenvalue weighted by atomic mass is 9.96. The first-order valence-corrected chi connectivity index (χ1v) is 7.38. The number of methoxy groups -OCH3 is 3. The number of likely N-dealkylation sites (tertiary alicyclic amines) is 1. The maximum absolute atomic E-state index is 12.4. The van der Waals surface area contributed by atoms with Gasteiger partial charge in [-0.3, -0.25) is 4.79 Å². The first-order valence-electron chi connectivity index (χ1n) is 7.38. The highest BCUT2D eigenvalue weighted by atomic mass is 16.5. The summed E-state index contributed by atoms with van der Waals surface area (Å²) in [5.41, 5.74) is 0.651. The van der Waals surface area contributed by atoms with Gasteiger partial charge in [0, 0.05) is 23.7 Å². The van der Waals surface area contributed by atoms with Crippen LogP contribution in [0.1, 0.15) is 12.8 Å². The molecule has 0 unspecified atom stereocenters. The SMILES string of the molecule is COc1cc(NC(=O)C2CCN(C)CC2)cc(OC)c1OC. The van der Waals surface area contributed by atoms with Crippen LogP contribution < -0.4 is 19.5 Å². The van der Waals surface area contributed by atoms with Crippen LogP contribution in [0.4, 0.5) is 5.69 Å². The molecule has 1 aliphatic heterocycles. The van der Waals surface area contributed by atoms with Gasteiger partial charge in [0.2, 0.25) is 11.7 Å². The van der Waals surface area contributed by atoms with Crippen molar-refractivity contribution in [1.82, 2.24) is 4.90 Å². The summed E-state index contributed by atoms with van der Waals surface area (Å²) >= 11 is 0. The largest absolute Gasteiger partial charge is 0.493 e. The highest BCUT2D eigenvalue weighted by Crippen LogP contribution is 2.40. The van der Waals surface area contributed by atoms with Crippen LogP contribution in [0.15, 0.2) is 12.1 Å². The summed E-state index contributed by atoms with van der Waals surface area (Å²) in [7, 11) is 6.74. The second-order valence-electron chi connectivity index (χ2n) is 5.48. The molecule has 1 amide bonds. The summed E-state index contributed by atoms with van der Waals surface area (Å²) in [6.07, 6.45) is 1.76. The van der Waals surface area contributed by atoms with Crippen molar-refractivity contribution in [2.75, 3.05) is 46.8 Å². The Morgan fingerprint density at radius 2 is 1.64 bits per heavy atom. The molecule has 0 radical (unpaired) electrons. The normalized spacial score (nSPS) is 16.2. The van der Waals surface area contributed by atoms with Gasteiger partial charge in [-0.25, -0.2) is 0 Å². The number of nitrogens with zero attached hydrogens (tertiary/aromatic N) is 1. The van der Waals surface area contributed by atoms with E-state index in [9.17, 15) is 4.79 Å². The Labute approximate surface area is 131 Å². The van der Waals surface area contributed by atoms with Crippen molar-refractivity contribution >= 4 is 11.6 Å². The fraction of sp³-hybridized carbons (Fsp3) is 0.562. The minimum atomic E-state index is 0.0439. The zero-order chi connectivity index (χ0) is 16.1. The quantitative estimate of drug-likeness (QED) is 0.901.